The second-order valence-corrected chi connectivity index (χ2v) is 5.35. The van der Waals surface area contributed by atoms with Crippen molar-refractivity contribution in [1.29, 1.82) is 0 Å². The zero-order valence-corrected chi connectivity index (χ0v) is 11.2. The number of anilines is 1. The van der Waals surface area contributed by atoms with Gasteiger partial charge in [0.2, 0.25) is 5.95 Å². The third kappa shape index (κ3) is 2.77. The average molecular weight is 237 g/mol. The van der Waals surface area contributed by atoms with Crippen molar-refractivity contribution in [3.05, 3.63) is 5.82 Å². The van der Waals surface area contributed by atoms with Crippen LogP contribution in [0.15, 0.2) is 0 Å². The lowest BCUT2D eigenvalue weighted by Gasteiger charge is -2.30. The van der Waals surface area contributed by atoms with Crippen LogP contribution in [0.1, 0.15) is 39.4 Å². The second kappa shape index (κ2) is 5.04. The molecule has 0 bridgehead atoms. The summed E-state index contributed by atoms with van der Waals surface area (Å²) in [6.45, 7) is 11.8. The van der Waals surface area contributed by atoms with Crippen molar-refractivity contribution < 1.29 is 0 Å². The number of H-pyrrole nitrogens is 1. The van der Waals surface area contributed by atoms with Crippen LogP contribution in [-0.2, 0) is 0 Å². The molecule has 0 aliphatic carbocycles. The van der Waals surface area contributed by atoms with Gasteiger partial charge in [-0.25, -0.2) is 0 Å². The van der Waals surface area contributed by atoms with Gasteiger partial charge in [-0.3, -0.25) is 5.10 Å². The molecule has 5 nitrogen and oxygen atoms in total. The van der Waals surface area contributed by atoms with Gasteiger partial charge in [0.1, 0.15) is 5.82 Å². The van der Waals surface area contributed by atoms with E-state index in [1.54, 1.807) is 0 Å². The highest BCUT2D eigenvalue weighted by Crippen LogP contribution is 2.21. The van der Waals surface area contributed by atoms with E-state index in [-0.39, 0.29) is 0 Å². The van der Waals surface area contributed by atoms with E-state index in [2.05, 4.69) is 53.1 Å². The Morgan fingerprint density at radius 2 is 2.12 bits per heavy atom. The van der Waals surface area contributed by atoms with Gasteiger partial charge in [0, 0.05) is 31.6 Å². The minimum atomic E-state index is 0.427. The van der Waals surface area contributed by atoms with Gasteiger partial charge in [-0.2, -0.15) is 4.98 Å². The molecule has 1 aromatic heterocycles. The highest BCUT2D eigenvalue weighted by Gasteiger charge is 2.21. The molecule has 0 aromatic carbocycles. The van der Waals surface area contributed by atoms with E-state index in [0.29, 0.717) is 17.9 Å². The number of aromatic amines is 1. The smallest absolute Gasteiger partial charge is 0.244 e. The van der Waals surface area contributed by atoms with Gasteiger partial charge in [-0.1, -0.05) is 20.8 Å². The van der Waals surface area contributed by atoms with Gasteiger partial charge >= 0.3 is 0 Å². The molecule has 2 heterocycles. The topological polar surface area (TPSA) is 56.8 Å². The minimum absolute atomic E-state index is 0.427. The number of nitrogens with one attached hydrogen (secondary N) is 2. The zero-order valence-electron chi connectivity index (χ0n) is 11.2. The standard InChI is InChI=1S/C12H23N5/c1-8(2)10(4)11-14-12(16-15-11)17-6-5-13-9(3)7-17/h8-10,13H,5-7H2,1-4H3,(H,14,15,16). The summed E-state index contributed by atoms with van der Waals surface area (Å²) >= 11 is 0. The zero-order chi connectivity index (χ0) is 12.4. The van der Waals surface area contributed by atoms with Crippen LogP contribution in [0.2, 0.25) is 0 Å². The van der Waals surface area contributed by atoms with Crippen molar-refractivity contribution in [3.63, 3.8) is 0 Å². The molecule has 2 atom stereocenters. The summed E-state index contributed by atoms with van der Waals surface area (Å²) in [5.41, 5.74) is 0. The van der Waals surface area contributed by atoms with E-state index in [9.17, 15) is 0 Å². The van der Waals surface area contributed by atoms with Crippen molar-refractivity contribution >= 4 is 5.95 Å². The molecule has 1 aliphatic rings. The Labute approximate surface area is 103 Å². The highest BCUT2D eigenvalue weighted by molar-refractivity contribution is 5.30. The molecule has 96 valence electrons. The van der Waals surface area contributed by atoms with Crippen LogP contribution in [0.5, 0.6) is 0 Å². The fourth-order valence-electron chi connectivity index (χ4n) is 2.04. The number of piperazine rings is 1. The molecule has 2 unspecified atom stereocenters. The van der Waals surface area contributed by atoms with Gasteiger partial charge in [-0.05, 0) is 12.8 Å². The fourth-order valence-corrected chi connectivity index (χ4v) is 2.04. The molecule has 5 heteroatoms. The highest BCUT2D eigenvalue weighted by atomic mass is 15.4. The molecule has 1 fully saturated rings. The third-order valence-electron chi connectivity index (χ3n) is 3.57. The molecule has 1 saturated heterocycles. The molecule has 2 N–H and O–H groups in total. The van der Waals surface area contributed by atoms with Gasteiger partial charge < -0.3 is 10.2 Å². The van der Waals surface area contributed by atoms with E-state index in [1.165, 1.54) is 0 Å². The SMILES string of the molecule is CC1CN(c2n[nH]c(C(C)C(C)C)n2)CCN1. The predicted molar refractivity (Wildman–Crippen MR) is 69.3 cm³/mol. The molecule has 17 heavy (non-hydrogen) atoms. The lowest BCUT2D eigenvalue weighted by molar-refractivity contribution is 0.479. The molecule has 0 radical (unpaired) electrons. The number of nitrogens with zero attached hydrogens (tertiary/aromatic N) is 3. The summed E-state index contributed by atoms with van der Waals surface area (Å²) < 4.78 is 0. The maximum absolute atomic E-state index is 4.62. The van der Waals surface area contributed by atoms with Crippen LogP contribution in [0.25, 0.3) is 0 Å². The first-order chi connectivity index (χ1) is 8.08. The third-order valence-corrected chi connectivity index (χ3v) is 3.57. The summed E-state index contributed by atoms with van der Waals surface area (Å²) in [5, 5.41) is 10.8. The Kier molecular flexibility index (Phi) is 3.66. The molecule has 1 aromatic rings. The minimum Gasteiger partial charge on any atom is -0.337 e. The number of rotatable bonds is 3. The summed E-state index contributed by atoms with van der Waals surface area (Å²) in [5.74, 6) is 2.86. The van der Waals surface area contributed by atoms with Crippen molar-refractivity contribution in [2.45, 2.75) is 39.7 Å². The number of hydrogen-bond donors (Lipinski definition) is 2. The van der Waals surface area contributed by atoms with Crippen LogP contribution in [0.4, 0.5) is 5.95 Å². The van der Waals surface area contributed by atoms with Crippen molar-refractivity contribution in [2.75, 3.05) is 24.5 Å². The first kappa shape index (κ1) is 12.4. The van der Waals surface area contributed by atoms with Crippen molar-refractivity contribution in [2.24, 2.45) is 5.92 Å². The van der Waals surface area contributed by atoms with Gasteiger partial charge in [0.05, 0.1) is 0 Å². The quantitative estimate of drug-likeness (QED) is 0.833. The summed E-state index contributed by atoms with van der Waals surface area (Å²) in [6, 6.07) is 0.508. The van der Waals surface area contributed by atoms with Gasteiger partial charge in [-0.15, -0.1) is 5.10 Å². The van der Waals surface area contributed by atoms with E-state index in [4.69, 9.17) is 0 Å². The molecular formula is C12H23N5. The van der Waals surface area contributed by atoms with Crippen molar-refractivity contribution in [3.8, 4) is 0 Å². The number of hydrogen-bond acceptors (Lipinski definition) is 4. The summed E-state index contributed by atoms with van der Waals surface area (Å²) in [7, 11) is 0. The Morgan fingerprint density at radius 1 is 1.35 bits per heavy atom. The molecule has 0 spiro atoms. The Morgan fingerprint density at radius 3 is 2.76 bits per heavy atom. The monoisotopic (exact) mass is 237 g/mol. The Balaban J connectivity index is 2.07. The van der Waals surface area contributed by atoms with E-state index in [1.807, 2.05) is 0 Å². The van der Waals surface area contributed by atoms with E-state index < -0.39 is 0 Å². The largest absolute Gasteiger partial charge is 0.337 e. The van der Waals surface area contributed by atoms with Crippen molar-refractivity contribution in [1.82, 2.24) is 20.5 Å². The maximum atomic E-state index is 4.62. The normalized spacial score (nSPS) is 23.1. The van der Waals surface area contributed by atoms with E-state index in [0.717, 1.165) is 31.4 Å². The molecule has 0 saturated carbocycles. The van der Waals surface area contributed by atoms with Gasteiger partial charge in [0.25, 0.3) is 0 Å². The Bertz CT molecular complexity index is 360. The van der Waals surface area contributed by atoms with Crippen LogP contribution >= 0.6 is 0 Å². The first-order valence-corrected chi connectivity index (χ1v) is 6.48. The Hall–Kier alpha value is -1.10. The average Bonchev–Trinajstić information content (AvgIpc) is 2.77. The lowest BCUT2D eigenvalue weighted by Crippen LogP contribution is -2.49. The molecular weight excluding hydrogens is 214 g/mol. The fraction of sp³-hybridized carbons (Fsp3) is 0.833. The maximum Gasteiger partial charge on any atom is 0.244 e. The van der Waals surface area contributed by atoms with Crippen LogP contribution < -0.4 is 10.2 Å². The molecule has 0 amide bonds. The molecule has 2 rings (SSSR count). The lowest BCUT2D eigenvalue weighted by atomic mass is 9.98. The first-order valence-electron chi connectivity index (χ1n) is 6.48. The van der Waals surface area contributed by atoms with Crippen LogP contribution in [0.3, 0.4) is 0 Å². The summed E-state index contributed by atoms with van der Waals surface area (Å²) in [4.78, 5) is 6.87. The number of aromatic nitrogens is 3. The van der Waals surface area contributed by atoms with E-state index >= 15 is 0 Å². The van der Waals surface area contributed by atoms with Gasteiger partial charge in [0.15, 0.2) is 0 Å². The molecule has 1 aliphatic heterocycles. The van der Waals surface area contributed by atoms with Crippen LogP contribution in [0, 0.1) is 5.92 Å². The second-order valence-electron chi connectivity index (χ2n) is 5.35. The summed E-state index contributed by atoms with van der Waals surface area (Å²) in [6.07, 6.45) is 0. The van der Waals surface area contributed by atoms with Crippen LogP contribution in [-0.4, -0.2) is 40.9 Å². The predicted octanol–water partition coefficient (Wildman–Crippen LogP) is 1.36.